The summed E-state index contributed by atoms with van der Waals surface area (Å²) in [4.78, 5) is 12.5. The number of amides is 1. The molecule has 1 aliphatic rings. The lowest BCUT2D eigenvalue weighted by atomic mass is 10.2. The molecule has 1 unspecified atom stereocenters. The molecule has 27 heavy (non-hydrogen) atoms. The Balaban J connectivity index is 2.00. The Morgan fingerprint density at radius 2 is 2.22 bits per heavy atom. The lowest BCUT2D eigenvalue weighted by Gasteiger charge is -2.19. The minimum absolute atomic E-state index is 0.0170. The van der Waals surface area contributed by atoms with Crippen LogP contribution in [0.5, 0.6) is 5.75 Å². The van der Waals surface area contributed by atoms with Crippen LogP contribution in [0.2, 0.25) is 5.02 Å². The summed E-state index contributed by atoms with van der Waals surface area (Å²) in [5.41, 5.74) is 1.38. The summed E-state index contributed by atoms with van der Waals surface area (Å²) >= 11 is 11.9. The Morgan fingerprint density at radius 1 is 1.44 bits per heavy atom. The fourth-order valence-corrected chi connectivity index (χ4v) is 2.59. The third kappa shape index (κ3) is 6.45. The van der Waals surface area contributed by atoms with Crippen molar-refractivity contribution < 1.29 is 13.9 Å². The molecule has 0 aliphatic carbocycles. The van der Waals surface area contributed by atoms with Crippen LogP contribution < -0.4 is 15.4 Å². The van der Waals surface area contributed by atoms with Gasteiger partial charge in [-0.3, -0.25) is 4.79 Å². The van der Waals surface area contributed by atoms with E-state index in [-0.39, 0.29) is 23.2 Å². The number of carbonyl (C=O) groups excluding carboxylic acids is 1. The topological polar surface area (TPSA) is 50.4 Å². The van der Waals surface area contributed by atoms with E-state index in [2.05, 4.69) is 17.2 Å². The number of allylic oxidation sites excluding steroid dienone is 5. The van der Waals surface area contributed by atoms with Gasteiger partial charge in [-0.05, 0) is 42.3 Å². The maximum absolute atomic E-state index is 13.9. The summed E-state index contributed by atoms with van der Waals surface area (Å²) in [6.07, 6.45) is 6.81. The monoisotopic (exact) mass is 410 g/mol. The summed E-state index contributed by atoms with van der Waals surface area (Å²) < 4.78 is 19.4. The molecule has 7 heteroatoms. The molecule has 1 heterocycles. The molecule has 2 rings (SSSR count). The zero-order chi connectivity index (χ0) is 19.8. The molecule has 1 atom stereocenters. The van der Waals surface area contributed by atoms with Crippen LogP contribution in [0.3, 0.4) is 0 Å². The summed E-state index contributed by atoms with van der Waals surface area (Å²) in [5, 5.41) is 6.75. The third-order valence-corrected chi connectivity index (χ3v) is 4.36. The van der Waals surface area contributed by atoms with Gasteiger partial charge >= 0.3 is 0 Å². The van der Waals surface area contributed by atoms with Gasteiger partial charge in [0.15, 0.2) is 17.7 Å². The predicted octanol–water partition coefficient (Wildman–Crippen LogP) is 4.47. The number of ether oxygens (including phenoxy) is 1. The average Bonchev–Trinajstić information content (AvgIpc) is 2.71. The van der Waals surface area contributed by atoms with Crippen LogP contribution >= 0.6 is 23.2 Å². The van der Waals surface area contributed by atoms with Crippen molar-refractivity contribution in [3.05, 3.63) is 76.2 Å². The van der Waals surface area contributed by atoms with E-state index in [4.69, 9.17) is 27.9 Å². The Morgan fingerprint density at radius 3 is 2.93 bits per heavy atom. The highest BCUT2D eigenvalue weighted by Crippen LogP contribution is 2.22. The van der Waals surface area contributed by atoms with Crippen molar-refractivity contribution in [2.45, 2.75) is 19.4 Å². The van der Waals surface area contributed by atoms with Gasteiger partial charge in [-0.25, -0.2) is 4.39 Å². The highest BCUT2D eigenvalue weighted by Gasteiger charge is 2.20. The Labute approximate surface area is 168 Å². The van der Waals surface area contributed by atoms with Gasteiger partial charge < -0.3 is 15.4 Å². The molecule has 0 fully saturated rings. The van der Waals surface area contributed by atoms with E-state index in [1.54, 1.807) is 19.1 Å². The molecule has 1 amide bonds. The summed E-state index contributed by atoms with van der Waals surface area (Å²) in [5.74, 6) is -0.979. The predicted molar refractivity (Wildman–Crippen MR) is 107 cm³/mol. The first-order valence-corrected chi connectivity index (χ1v) is 9.21. The summed E-state index contributed by atoms with van der Waals surface area (Å²) in [6.45, 7) is 6.50. The van der Waals surface area contributed by atoms with E-state index in [0.717, 1.165) is 11.8 Å². The van der Waals surface area contributed by atoms with Crippen LogP contribution in [-0.4, -0.2) is 25.1 Å². The number of nitrogens with one attached hydrogen (secondary N) is 2. The molecular formula is C20H21Cl2FN2O2. The molecule has 0 bridgehead atoms. The van der Waals surface area contributed by atoms with Crippen molar-refractivity contribution in [1.82, 2.24) is 10.6 Å². The van der Waals surface area contributed by atoms with Crippen molar-refractivity contribution in [3.63, 3.8) is 0 Å². The van der Waals surface area contributed by atoms with Crippen molar-refractivity contribution >= 4 is 29.1 Å². The standard InChI is InChI=1S/C20H21Cl2FN2O2/c1-3-18(27-19-8-7-14(21)11-17(19)23)20(26)25-12-15-10-13(2)16(22)6-4-5-9-24-15/h4-8,10-11,18,24H,2-3,9,12H2,1H3,(H,25,26)/b5-4-,15-10-,16-6+. The minimum Gasteiger partial charge on any atom is -0.478 e. The number of hydrogen-bond acceptors (Lipinski definition) is 3. The highest BCUT2D eigenvalue weighted by atomic mass is 35.5. The lowest BCUT2D eigenvalue weighted by Crippen LogP contribution is -2.40. The summed E-state index contributed by atoms with van der Waals surface area (Å²) in [7, 11) is 0. The molecule has 0 aromatic heterocycles. The molecule has 0 saturated carbocycles. The van der Waals surface area contributed by atoms with Gasteiger partial charge in [0.1, 0.15) is 0 Å². The zero-order valence-electron chi connectivity index (χ0n) is 14.9. The molecule has 1 aromatic carbocycles. The maximum atomic E-state index is 13.9. The van der Waals surface area contributed by atoms with E-state index in [1.807, 2.05) is 12.2 Å². The van der Waals surface area contributed by atoms with Crippen molar-refractivity contribution in [1.29, 1.82) is 0 Å². The fraction of sp³-hybridized carbons (Fsp3) is 0.250. The van der Waals surface area contributed by atoms with Gasteiger partial charge in [-0.2, -0.15) is 0 Å². The number of halogens is 3. The van der Waals surface area contributed by atoms with Crippen LogP contribution in [0.1, 0.15) is 13.3 Å². The van der Waals surface area contributed by atoms with Gasteiger partial charge in [-0.1, -0.05) is 48.9 Å². The summed E-state index contributed by atoms with van der Waals surface area (Å²) in [6, 6.07) is 4.05. The zero-order valence-corrected chi connectivity index (χ0v) is 16.4. The van der Waals surface area contributed by atoms with Crippen molar-refractivity contribution in [3.8, 4) is 5.75 Å². The maximum Gasteiger partial charge on any atom is 0.261 e. The molecule has 1 aromatic rings. The first kappa shape index (κ1) is 21.1. The quantitative estimate of drug-likeness (QED) is 0.726. The fourth-order valence-electron chi connectivity index (χ4n) is 2.30. The van der Waals surface area contributed by atoms with E-state index in [9.17, 15) is 9.18 Å². The lowest BCUT2D eigenvalue weighted by molar-refractivity contribution is -0.128. The Kier molecular flexibility index (Phi) is 7.95. The van der Waals surface area contributed by atoms with Gasteiger partial charge in [0.25, 0.3) is 5.91 Å². The largest absolute Gasteiger partial charge is 0.478 e. The average molecular weight is 411 g/mol. The number of carbonyl (C=O) groups is 1. The van der Waals surface area contributed by atoms with Crippen LogP contribution in [0.4, 0.5) is 4.39 Å². The van der Waals surface area contributed by atoms with Crippen LogP contribution in [0.25, 0.3) is 0 Å². The first-order chi connectivity index (χ1) is 12.9. The number of rotatable bonds is 6. The molecule has 0 spiro atoms. The van der Waals surface area contributed by atoms with Crippen molar-refractivity contribution in [2.75, 3.05) is 13.1 Å². The molecule has 4 nitrogen and oxygen atoms in total. The molecule has 0 saturated heterocycles. The van der Waals surface area contributed by atoms with E-state index in [1.165, 1.54) is 12.1 Å². The molecule has 144 valence electrons. The normalized spacial score (nSPS) is 20.5. The van der Waals surface area contributed by atoms with E-state index >= 15 is 0 Å². The molecule has 0 radical (unpaired) electrons. The first-order valence-electron chi connectivity index (χ1n) is 8.46. The van der Waals surface area contributed by atoms with E-state index < -0.39 is 11.9 Å². The van der Waals surface area contributed by atoms with Gasteiger partial charge in [-0.15, -0.1) is 0 Å². The Bertz CT molecular complexity index is 803. The third-order valence-electron chi connectivity index (χ3n) is 3.76. The minimum atomic E-state index is -0.829. The molecular weight excluding hydrogens is 390 g/mol. The van der Waals surface area contributed by atoms with Gasteiger partial charge in [0.2, 0.25) is 0 Å². The highest BCUT2D eigenvalue weighted by molar-refractivity contribution is 6.32. The van der Waals surface area contributed by atoms with E-state index in [0.29, 0.717) is 23.6 Å². The molecule has 1 aliphatic heterocycles. The smallest absolute Gasteiger partial charge is 0.261 e. The SMILES string of the molecule is C=C1/C=C(/CNC(=O)C(CC)Oc2ccc(Cl)cc2F)NC/C=C\C=C/1Cl. The number of hydrogen-bond donors (Lipinski definition) is 2. The second-order valence-corrected chi connectivity index (χ2v) is 6.67. The van der Waals surface area contributed by atoms with Crippen molar-refractivity contribution in [2.24, 2.45) is 0 Å². The van der Waals surface area contributed by atoms with Gasteiger partial charge in [0, 0.05) is 22.3 Å². The Hall–Kier alpha value is -2.24. The second-order valence-electron chi connectivity index (χ2n) is 5.83. The second kappa shape index (κ2) is 10.2. The van der Waals surface area contributed by atoms with Gasteiger partial charge in [0.05, 0.1) is 6.54 Å². The van der Waals surface area contributed by atoms with Crippen LogP contribution in [0.15, 0.2) is 65.4 Å². The molecule has 2 N–H and O–H groups in total. The van der Waals surface area contributed by atoms with Crippen LogP contribution in [-0.2, 0) is 4.79 Å². The van der Waals surface area contributed by atoms with Crippen LogP contribution in [0, 0.1) is 5.82 Å². The number of benzene rings is 1.